The molecule has 0 bridgehead atoms. The van der Waals surface area contributed by atoms with Crippen LogP contribution in [0.25, 0.3) is 11.2 Å². The van der Waals surface area contributed by atoms with Crippen LogP contribution in [0.15, 0.2) is 27.8 Å². The second-order valence-corrected chi connectivity index (χ2v) is 6.54. The highest BCUT2D eigenvalue weighted by atomic mass is 16.6. The number of hydrogen-bond acceptors (Lipinski definition) is 6. The molecule has 0 saturated carbocycles. The van der Waals surface area contributed by atoms with Crippen molar-refractivity contribution in [2.24, 2.45) is 7.05 Å². The number of aryl methyl sites for hydroxylation is 3. The molecule has 0 radical (unpaired) electrons. The number of nitro benzene ring substituents is 1. The van der Waals surface area contributed by atoms with E-state index in [0.29, 0.717) is 12.4 Å². The average Bonchev–Trinajstić information content (AvgIpc) is 2.97. The third-order valence-corrected chi connectivity index (χ3v) is 4.51. The van der Waals surface area contributed by atoms with Gasteiger partial charge in [-0.25, -0.2) is 9.78 Å². The van der Waals surface area contributed by atoms with Crippen LogP contribution in [-0.2, 0) is 20.2 Å². The Bertz CT molecular complexity index is 1160. The van der Waals surface area contributed by atoms with Crippen molar-refractivity contribution in [1.29, 1.82) is 0 Å². The van der Waals surface area contributed by atoms with E-state index >= 15 is 0 Å². The number of nitro groups is 1. The van der Waals surface area contributed by atoms with Gasteiger partial charge in [0.1, 0.15) is 12.4 Å². The summed E-state index contributed by atoms with van der Waals surface area (Å²) in [5.41, 5.74) is 0.0974. The van der Waals surface area contributed by atoms with Crippen LogP contribution in [0, 0.1) is 17.0 Å². The van der Waals surface area contributed by atoms with E-state index in [0.717, 1.165) is 18.4 Å². The molecule has 3 aromatic rings. The molecule has 0 saturated heterocycles. The minimum Gasteiger partial charge on any atom is -0.479 e. The molecule has 3 rings (SSSR count). The second-order valence-electron chi connectivity index (χ2n) is 6.54. The summed E-state index contributed by atoms with van der Waals surface area (Å²) < 4.78 is 8.58. The van der Waals surface area contributed by atoms with Gasteiger partial charge in [0, 0.05) is 19.7 Å². The molecule has 1 N–H and O–H groups in total. The van der Waals surface area contributed by atoms with E-state index in [1.165, 1.54) is 21.3 Å². The summed E-state index contributed by atoms with van der Waals surface area (Å²) in [5.74, 6) is 0.492. The van der Waals surface area contributed by atoms with E-state index in [2.05, 4.69) is 9.97 Å². The molecule has 0 atom stereocenters. The molecular weight excluding hydrogens is 366 g/mol. The number of ether oxygens (including phenoxy) is 1. The first-order chi connectivity index (χ1) is 13.3. The Balaban J connectivity index is 2.00. The predicted molar refractivity (Wildman–Crippen MR) is 103 cm³/mol. The van der Waals surface area contributed by atoms with E-state index in [9.17, 15) is 19.7 Å². The van der Waals surface area contributed by atoms with Crippen LogP contribution in [-0.4, -0.2) is 24.0 Å². The zero-order valence-electron chi connectivity index (χ0n) is 15.9. The van der Waals surface area contributed by atoms with E-state index in [4.69, 9.17) is 4.74 Å². The largest absolute Gasteiger partial charge is 0.479 e. The normalized spacial score (nSPS) is 11.1. The van der Waals surface area contributed by atoms with Crippen LogP contribution in [0.4, 0.5) is 5.69 Å². The molecule has 10 nitrogen and oxygen atoms in total. The van der Waals surface area contributed by atoms with Crippen LogP contribution in [0.3, 0.4) is 0 Å². The molecular formula is C18H21N5O5. The highest BCUT2D eigenvalue weighted by molar-refractivity contribution is 5.70. The van der Waals surface area contributed by atoms with Gasteiger partial charge in [0.2, 0.25) is 0 Å². The molecule has 0 aliphatic carbocycles. The first kappa shape index (κ1) is 19.3. The van der Waals surface area contributed by atoms with Crippen molar-refractivity contribution in [2.45, 2.75) is 39.8 Å². The zero-order chi connectivity index (χ0) is 20.4. The third-order valence-electron chi connectivity index (χ3n) is 4.51. The van der Waals surface area contributed by atoms with Crippen LogP contribution in [0.1, 0.15) is 31.2 Å². The fraction of sp³-hybridized carbons (Fsp3) is 0.389. The molecule has 28 heavy (non-hydrogen) atoms. The van der Waals surface area contributed by atoms with Gasteiger partial charge >= 0.3 is 11.4 Å². The Kier molecular flexibility index (Phi) is 5.30. The van der Waals surface area contributed by atoms with E-state index in [1.54, 1.807) is 20.0 Å². The number of aromatic nitrogens is 4. The molecule has 148 valence electrons. The molecule has 0 aliphatic heterocycles. The van der Waals surface area contributed by atoms with Gasteiger partial charge in [-0.3, -0.25) is 24.5 Å². The molecule has 1 aromatic carbocycles. The van der Waals surface area contributed by atoms with Crippen molar-refractivity contribution in [3.05, 3.63) is 60.5 Å². The third kappa shape index (κ3) is 3.53. The Morgan fingerprint density at radius 3 is 2.75 bits per heavy atom. The SMILES string of the molecule is CCCCn1c(=O)[nH]c(=O)c2c1nc(COc1ccc(C)cc1[N+](=O)[O-])n2C. The number of aromatic amines is 1. The van der Waals surface area contributed by atoms with Crippen molar-refractivity contribution in [3.8, 4) is 5.75 Å². The summed E-state index contributed by atoms with van der Waals surface area (Å²) in [6.07, 6.45) is 1.64. The van der Waals surface area contributed by atoms with Crippen LogP contribution in [0.5, 0.6) is 5.75 Å². The van der Waals surface area contributed by atoms with Crippen molar-refractivity contribution >= 4 is 16.9 Å². The van der Waals surface area contributed by atoms with Crippen molar-refractivity contribution in [1.82, 2.24) is 19.1 Å². The maximum Gasteiger partial charge on any atom is 0.330 e. The minimum absolute atomic E-state index is 0.0868. The first-order valence-corrected chi connectivity index (χ1v) is 8.89. The average molecular weight is 387 g/mol. The van der Waals surface area contributed by atoms with Gasteiger partial charge in [0.25, 0.3) is 5.56 Å². The number of unbranched alkanes of at least 4 members (excludes halogenated alkanes) is 1. The number of hydrogen-bond donors (Lipinski definition) is 1. The lowest BCUT2D eigenvalue weighted by atomic mass is 10.2. The smallest absolute Gasteiger partial charge is 0.330 e. The highest BCUT2D eigenvalue weighted by Gasteiger charge is 2.19. The van der Waals surface area contributed by atoms with Gasteiger partial charge in [-0.05, 0) is 25.0 Å². The number of nitrogens with one attached hydrogen (secondary N) is 1. The fourth-order valence-corrected chi connectivity index (χ4v) is 2.98. The van der Waals surface area contributed by atoms with Gasteiger partial charge in [-0.15, -0.1) is 0 Å². The number of nitrogens with zero attached hydrogens (tertiary/aromatic N) is 4. The van der Waals surface area contributed by atoms with E-state index in [-0.39, 0.29) is 29.2 Å². The van der Waals surface area contributed by atoms with Crippen molar-refractivity contribution in [2.75, 3.05) is 0 Å². The maximum atomic E-state index is 12.3. The number of imidazole rings is 1. The molecule has 2 heterocycles. The first-order valence-electron chi connectivity index (χ1n) is 8.89. The molecule has 0 aliphatic rings. The minimum atomic E-state index is -0.532. The standard InChI is InChI=1S/C18H21N5O5/c1-4-5-8-22-16-15(17(24)20-18(22)25)21(3)14(19-16)10-28-13-7-6-11(2)9-12(13)23(26)27/h6-7,9H,4-5,8,10H2,1-3H3,(H,20,24,25). The lowest BCUT2D eigenvalue weighted by molar-refractivity contribution is -0.386. The van der Waals surface area contributed by atoms with Crippen molar-refractivity contribution in [3.63, 3.8) is 0 Å². The second kappa shape index (κ2) is 7.67. The Hall–Kier alpha value is -3.43. The van der Waals surface area contributed by atoms with Crippen LogP contribution in [0.2, 0.25) is 0 Å². The molecule has 0 unspecified atom stereocenters. The number of benzene rings is 1. The van der Waals surface area contributed by atoms with Crippen LogP contribution < -0.4 is 16.0 Å². The van der Waals surface area contributed by atoms with Gasteiger partial charge in [-0.1, -0.05) is 19.4 Å². The predicted octanol–water partition coefficient (Wildman–Crippen LogP) is 2.02. The van der Waals surface area contributed by atoms with Gasteiger partial charge in [0.15, 0.2) is 16.9 Å². The molecule has 0 amide bonds. The lowest BCUT2D eigenvalue weighted by Crippen LogP contribution is -2.31. The summed E-state index contributed by atoms with van der Waals surface area (Å²) in [6.45, 7) is 4.10. The molecule has 10 heteroatoms. The summed E-state index contributed by atoms with van der Waals surface area (Å²) >= 11 is 0. The van der Waals surface area contributed by atoms with Crippen LogP contribution >= 0.6 is 0 Å². The van der Waals surface area contributed by atoms with Crippen molar-refractivity contribution < 1.29 is 9.66 Å². The Morgan fingerprint density at radius 2 is 2.07 bits per heavy atom. The monoisotopic (exact) mass is 387 g/mol. The number of rotatable bonds is 7. The maximum absolute atomic E-state index is 12.3. The van der Waals surface area contributed by atoms with Gasteiger partial charge in [-0.2, -0.15) is 0 Å². The van der Waals surface area contributed by atoms with E-state index < -0.39 is 16.2 Å². The van der Waals surface area contributed by atoms with Gasteiger partial charge in [0.05, 0.1) is 4.92 Å². The molecule has 0 fully saturated rings. The Labute approximate surface area is 159 Å². The fourth-order valence-electron chi connectivity index (χ4n) is 2.98. The summed E-state index contributed by atoms with van der Waals surface area (Å²) in [7, 11) is 1.64. The van der Waals surface area contributed by atoms with Gasteiger partial charge < -0.3 is 9.30 Å². The summed E-state index contributed by atoms with van der Waals surface area (Å²) in [6, 6.07) is 4.67. The number of fused-ring (bicyclic) bond motifs is 1. The summed E-state index contributed by atoms with van der Waals surface area (Å²) in [5, 5.41) is 11.2. The molecule has 2 aromatic heterocycles. The Morgan fingerprint density at radius 1 is 1.32 bits per heavy atom. The zero-order valence-corrected chi connectivity index (χ0v) is 15.9. The summed E-state index contributed by atoms with van der Waals surface area (Å²) in [4.78, 5) is 41.9. The molecule has 0 spiro atoms. The number of H-pyrrole nitrogens is 1. The lowest BCUT2D eigenvalue weighted by Gasteiger charge is -2.07. The van der Waals surface area contributed by atoms with E-state index in [1.807, 2.05) is 6.92 Å². The highest BCUT2D eigenvalue weighted by Crippen LogP contribution is 2.28. The topological polar surface area (TPSA) is 125 Å². The quantitative estimate of drug-likeness (QED) is 0.488.